The molecule has 2 saturated carbocycles. The van der Waals surface area contributed by atoms with E-state index >= 15 is 0 Å². The van der Waals surface area contributed by atoms with E-state index in [-0.39, 0.29) is 44.7 Å². The quantitative estimate of drug-likeness (QED) is 0.121. The van der Waals surface area contributed by atoms with Gasteiger partial charge in [0.1, 0.15) is 24.9 Å². The summed E-state index contributed by atoms with van der Waals surface area (Å²) in [4.78, 5) is 14.6. The Balaban J connectivity index is 0.00000119. The Morgan fingerprint density at radius 3 is 1.83 bits per heavy atom. The van der Waals surface area contributed by atoms with Crippen LogP contribution in [0.1, 0.15) is 74.2 Å². The van der Waals surface area contributed by atoms with Gasteiger partial charge in [-0.1, -0.05) is 80.2 Å². The molecule has 4 heterocycles. The first kappa shape index (κ1) is 49.9. The Morgan fingerprint density at radius 2 is 1.31 bits per heavy atom. The van der Waals surface area contributed by atoms with Crippen LogP contribution in [0.4, 0.5) is 0 Å². The summed E-state index contributed by atoms with van der Waals surface area (Å²) in [5.41, 5.74) is 1.72. The second-order valence-electron chi connectivity index (χ2n) is 19.8. The van der Waals surface area contributed by atoms with Crippen molar-refractivity contribution in [3.8, 4) is 11.8 Å². The minimum Gasteiger partial charge on any atom is -0.472 e. The van der Waals surface area contributed by atoms with Gasteiger partial charge in [-0.25, -0.2) is 4.98 Å². The maximum Gasteiger partial charge on any atom is 2.00 e. The normalized spacial score (nSPS) is 22.4. The molecule has 2 aliphatic carbocycles. The summed E-state index contributed by atoms with van der Waals surface area (Å²) in [5.74, 6) is 1.55. The van der Waals surface area contributed by atoms with Gasteiger partial charge < -0.3 is 22.8 Å². The second-order valence-corrected chi connectivity index (χ2v) is 34.1. The molecule has 0 aromatic carbocycles. The van der Waals surface area contributed by atoms with Gasteiger partial charge in [-0.15, -0.1) is 5.10 Å². The van der Waals surface area contributed by atoms with Crippen molar-refractivity contribution in [2.45, 2.75) is 141 Å². The minimum atomic E-state index is -2.39. The SMILES string of the molecule is C=CCOc1nc(-n2cc([C]3[CH][CH][CH][CH]3)nn2)nc2c1ncn2[C@@H]1O[C@H](CO[Si](C)(C)C(C)(C)C)[C@@H](O[Si](C)(C)C(C)(C)C)[C@H]1O[Si](C)(C)C(C)(C)C.[CH]1[CH][CH][CH][CH]1.[Fe+2]. The standard InChI is InChI=1S/C38H62N7O5Si3.C5H5.Fe/c1-17-22-46-33-29-32(40-35(41-33)45-23-27(42-43-45)26-20-18-19-21-26)44(25-39-29)34-31(50-53(15,16)38(8,9)10)30(49-52(13,14)37(5,6)7)28(48-34)24-47-51(11,12)36(2,3)4;1-2-4-5-3-1;/h17-21,23,25,28,30-31,34H,1,22,24H2,2-16H3;1-5H;/q;;+2/t28-,30-,31-,34-;;/m1../s1. The third-order valence-electron chi connectivity index (χ3n) is 12.4. The average Bonchev–Trinajstić information content (AvgIpc) is 3.96. The van der Waals surface area contributed by atoms with Gasteiger partial charge in [-0.3, -0.25) is 4.57 Å². The number of rotatable bonds is 13. The summed E-state index contributed by atoms with van der Waals surface area (Å²) in [6.45, 7) is 38.4. The second kappa shape index (κ2) is 19.3. The summed E-state index contributed by atoms with van der Waals surface area (Å²) >= 11 is 0. The van der Waals surface area contributed by atoms with E-state index in [9.17, 15) is 0 Å². The summed E-state index contributed by atoms with van der Waals surface area (Å²) in [6, 6.07) is 0. The van der Waals surface area contributed by atoms with E-state index in [0.29, 0.717) is 29.3 Å². The zero-order valence-corrected chi connectivity index (χ0v) is 42.0. The van der Waals surface area contributed by atoms with Gasteiger partial charge in [-0.05, 0) is 112 Å². The molecule has 12 nitrogen and oxygen atoms in total. The Morgan fingerprint density at radius 1 is 0.763 bits per heavy atom. The number of imidazole rings is 1. The number of ether oxygens (including phenoxy) is 2. The van der Waals surface area contributed by atoms with E-state index in [4.69, 9.17) is 37.7 Å². The molecule has 3 aromatic rings. The number of nitrogens with zero attached hydrogens (tertiary/aromatic N) is 7. The van der Waals surface area contributed by atoms with Gasteiger partial charge >= 0.3 is 17.1 Å². The van der Waals surface area contributed by atoms with Gasteiger partial charge in [0, 0.05) is 5.92 Å². The van der Waals surface area contributed by atoms with Crippen molar-refractivity contribution in [1.29, 1.82) is 0 Å². The maximum atomic E-state index is 7.41. The number of fused-ring (bicyclic) bond motifs is 1. The van der Waals surface area contributed by atoms with Crippen molar-refractivity contribution in [2.75, 3.05) is 13.2 Å². The Bertz CT molecular complexity index is 1810. The topological polar surface area (TPSA) is 120 Å². The summed E-state index contributed by atoms with van der Waals surface area (Å²) in [7, 11) is -6.88. The molecule has 3 aliphatic rings. The largest absolute Gasteiger partial charge is 2.00 e. The predicted octanol–water partition coefficient (Wildman–Crippen LogP) is 9.44. The van der Waals surface area contributed by atoms with Crippen LogP contribution in [0.15, 0.2) is 25.2 Å². The fourth-order valence-electron chi connectivity index (χ4n) is 5.64. The van der Waals surface area contributed by atoms with Crippen LogP contribution in [0.2, 0.25) is 54.4 Å². The molecule has 3 aromatic heterocycles. The fourth-order valence-corrected chi connectivity index (χ4v) is 9.26. The molecule has 0 N–H and O–H groups in total. The maximum absolute atomic E-state index is 7.41. The summed E-state index contributed by atoms with van der Waals surface area (Å²) in [6.07, 6.45) is 21.2. The van der Waals surface area contributed by atoms with Crippen LogP contribution in [-0.2, 0) is 35.1 Å². The van der Waals surface area contributed by atoms with E-state index in [2.05, 4.69) is 118 Å². The third-order valence-corrected chi connectivity index (χ3v) is 25.8. The van der Waals surface area contributed by atoms with Crippen molar-refractivity contribution >= 4 is 36.1 Å². The number of hydrogen-bond donors (Lipinski definition) is 0. The van der Waals surface area contributed by atoms with Crippen molar-refractivity contribution in [2.24, 2.45) is 0 Å². The Hall–Kier alpha value is -1.76. The molecule has 1 aliphatic heterocycles. The van der Waals surface area contributed by atoms with Crippen molar-refractivity contribution < 1.29 is 39.8 Å². The molecule has 322 valence electrons. The van der Waals surface area contributed by atoms with Crippen molar-refractivity contribution in [1.82, 2.24) is 34.5 Å². The monoisotopic (exact) mass is 901 g/mol. The molecule has 6 rings (SSSR count). The molecule has 0 amide bonds. The molecule has 4 atom stereocenters. The smallest absolute Gasteiger partial charge is 0.472 e. The van der Waals surface area contributed by atoms with Crippen LogP contribution in [0.5, 0.6) is 5.88 Å². The van der Waals surface area contributed by atoms with Crippen molar-refractivity contribution in [3.05, 3.63) is 94.6 Å². The summed E-state index contributed by atoms with van der Waals surface area (Å²) < 4.78 is 38.4. The van der Waals surface area contributed by atoms with E-state index in [1.807, 2.05) is 62.4 Å². The van der Waals surface area contributed by atoms with Gasteiger partial charge in [0.2, 0.25) is 5.88 Å². The summed E-state index contributed by atoms with van der Waals surface area (Å²) in [5, 5.41) is 8.69. The number of aromatic nitrogens is 7. The molecule has 16 heteroatoms. The average molecular weight is 902 g/mol. The molecule has 10 radical (unpaired) electrons. The molecule has 3 fully saturated rings. The zero-order valence-electron chi connectivity index (χ0n) is 37.9. The van der Waals surface area contributed by atoms with Gasteiger partial charge in [0.05, 0.1) is 24.8 Å². The van der Waals surface area contributed by atoms with Gasteiger partial charge in [0.15, 0.2) is 42.3 Å². The van der Waals surface area contributed by atoms with Crippen LogP contribution >= 0.6 is 0 Å². The Kier molecular flexibility index (Phi) is 16.3. The molecule has 59 heavy (non-hydrogen) atoms. The van der Waals surface area contributed by atoms with E-state index in [0.717, 1.165) is 5.92 Å². The molecular weight excluding hydrogens is 835 g/mol. The van der Waals surface area contributed by atoms with E-state index < -0.39 is 49.5 Å². The van der Waals surface area contributed by atoms with E-state index in [1.54, 1.807) is 23.3 Å². The molecular formula is C43H67FeN7O5Si3+2. The van der Waals surface area contributed by atoms with Crippen LogP contribution in [0, 0.1) is 63.7 Å². The molecule has 0 spiro atoms. The van der Waals surface area contributed by atoms with Crippen LogP contribution in [0.25, 0.3) is 17.1 Å². The van der Waals surface area contributed by atoms with Crippen LogP contribution in [0.3, 0.4) is 0 Å². The molecule has 1 saturated heterocycles. The Labute approximate surface area is 369 Å². The molecule has 0 unspecified atom stereocenters. The zero-order chi connectivity index (χ0) is 42.9. The van der Waals surface area contributed by atoms with Crippen LogP contribution in [-0.4, -0.2) is 91.0 Å². The van der Waals surface area contributed by atoms with Gasteiger partial charge in [-0.2, -0.15) is 14.6 Å². The molecule has 0 bridgehead atoms. The third kappa shape index (κ3) is 11.6. The minimum absolute atomic E-state index is 0. The van der Waals surface area contributed by atoms with Crippen molar-refractivity contribution in [3.63, 3.8) is 0 Å². The first-order chi connectivity index (χ1) is 26.9. The van der Waals surface area contributed by atoms with Crippen LogP contribution < -0.4 is 4.74 Å². The fraction of sp³-hybridized carbons (Fsp3) is 0.558. The van der Waals surface area contributed by atoms with E-state index in [1.165, 1.54) is 0 Å². The predicted molar refractivity (Wildman–Crippen MR) is 238 cm³/mol. The first-order valence-corrected chi connectivity index (χ1v) is 29.0. The number of hydrogen-bond acceptors (Lipinski definition) is 10. The first-order valence-electron chi connectivity index (χ1n) is 20.3. The van der Waals surface area contributed by atoms with Gasteiger partial charge in [0.25, 0.3) is 5.95 Å².